The number of amides is 1. The Morgan fingerprint density at radius 3 is 2.43 bits per heavy atom. The van der Waals surface area contributed by atoms with E-state index in [1.54, 1.807) is 6.92 Å². The number of carbonyl (C=O) groups excluding carboxylic acids is 1. The molecule has 0 aromatic heterocycles. The average molecular weight is 201 g/mol. The fourth-order valence-electron chi connectivity index (χ4n) is 1.30. The molecule has 3 N–H and O–H groups in total. The van der Waals surface area contributed by atoms with E-state index in [4.69, 9.17) is 10.2 Å². The van der Waals surface area contributed by atoms with Crippen LogP contribution in [0.25, 0.3) is 0 Å². The Bertz CT molecular complexity index is 237. The first-order valence-corrected chi connectivity index (χ1v) is 4.70. The highest BCUT2D eigenvalue weighted by atomic mass is 16.4. The highest BCUT2D eigenvalue weighted by molar-refractivity contribution is 5.85. The van der Waals surface area contributed by atoms with E-state index in [1.165, 1.54) is 0 Å². The van der Waals surface area contributed by atoms with Crippen molar-refractivity contribution in [2.75, 3.05) is 6.61 Å². The lowest BCUT2D eigenvalue weighted by atomic mass is 10.1. The van der Waals surface area contributed by atoms with Gasteiger partial charge in [-0.2, -0.15) is 0 Å². The van der Waals surface area contributed by atoms with Gasteiger partial charge in [0.05, 0.1) is 6.61 Å². The SMILES string of the molecule is CC(C(=O)N[C@@H](CO)C(=O)O)C1CC1. The van der Waals surface area contributed by atoms with E-state index in [2.05, 4.69) is 5.32 Å². The number of hydrogen-bond acceptors (Lipinski definition) is 3. The number of carboxylic acids is 1. The van der Waals surface area contributed by atoms with Crippen molar-refractivity contribution in [2.45, 2.75) is 25.8 Å². The van der Waals surface area contributed by atoms with Crippen LogP contribution in [0.2, 0.25) is 0 Å². The van der Waals surface area contributed by atoms with Crippen molar-refractivity contribution < 1.29 is 19.8 Å². The van der Waals surface area contributed by atoms with Crippen LogP contribution in [0.5, 0.6) is 0 Å². The highest BCUT2D eigenvalue weighted by Gasteiger charge is 2.34. The van der Waals surface area contributed by atoms with Crippen LogP contribution in [-0.2, 0) is 9.59 Å². The van der Waals surface area contributed by atoms with Gasteiger partial charge in [-0.15, -0.1) is 0 Å². The fourth-order valence-corrected chi connectivity index (χ4v) is 1.30. The van der Waals surface area contributed by atoms with Crippen molar-refractivity contribution >= 4 is 11.9 Å². The molecule has 1 aliphatic rings. The molecule has 14 heavy (non-hydrogen) atoms. The van der Waals surface area contributed by atoms with Crippen molar-refractivity contribution in [3.05, 3.63) is 0 Å². The molecule has 0 bridgehead atoms. The van der Waals surface area contributed by atoms with E-state index in [1.807, 2.05) is 0 Å². The molecular weight excluding hydrogens is 186 g/mol. The molecule has 0 aromatic rings. The van der Waals surface area contributed by atoms with Gasteiger partial charge in [0.1, 0.15) is 6.04 Å². The molecule has 1 aliphatic carbocycles. The third-order valence-corrected chi connectivity index (χ3v) is 2.54. The Labute approximate surface area is 82.1 Å². The van der Waals surface area contributed by atoms with E-state index >= 15 is 0 Å². The Morgan fingerprint density at radius 2 is 2.07 bits per heavy atom. The zero-order chi connectivity index (χ0) is 10.7. The summed E-state index contributed by atoms with van der Waals surface area (Å²) in [4.78, 5) is 21.9. The molecule has 0 spiro atoms. The number of aliphatic hydroxyl groups excluding tert-OH is 1. The molecule has 0 saturated heterocycles. The van der Waals surface area contributed by atoms with Crippen molar-refractivity contribution in [2.24, 2.45) is 11.8 Å². The standard InChI is InChI=1S/C9H15NO4/c1-5(6-2-3-6)8(12)10-7(4-11)9(13)14/h5-7,11H,2-4H2,1H3,(H,10,12)(H,13,14)/t5?,7-/m0/s1. The number of carbonyl (C=O) groups is 2. The van der Waals surface area contributed by atoms with Crippen molar-refractivity contribution in [3.63, 3.8) is 0 Å². The van der Waals surface area contributed by atoms with Crippen LogP contribution in [0.4, 0.5) is 0 Å². The van der Waals surface area contributed by atoms with E-state index in [-0.39, 0.29) is 11.8 Å². The predicted octanol–water partition coefficient (Wildman–Crippen LogP) is -0.406. The number of hydrogen-bond donors (Lipinski definition) is 3. The summed E-state index contributed by atoms with van der Waals surface area (Å²) in [5.41, 5.74) is 0. The van der Waals surface area contributed by atoms with E-state index in [0.29, 0.717) is 5.92 Å². The maximum absolute atomic E-state index is 11.4. The summed E-state index contributed by atoms with van der Waals surface area (Å²) >= 11 is 0. The third-order valence-electron chi connectivity index (χ3n) is 2.54. The summed E-state index contributed by atoms with van der Waals surface area (Å²) in [6.45, 7) is 1.21. The third kappa shape index (κ3) is 2.70. The second kappa shape index (κ2) is 4.41. The monoisotopic (exact) mass is 201 g/mol. The van der Waals surface area contributed by atoms with Gasteiger partial charge in [-0.05, 0) is 18.8 Å². The number of rotatable bonds is 5. The zero-order valence-corrected chi connectivity index (χ0v) is 8.06. The molecule has 0 radical (unpaired) electrons. The zero-order valence-electron chi connectivity index (χ0n) is 8.06. The molecule has 1 fully saturated rings. The first-order chi connectivity index (χ1) is 6.56. The molecular formula is C9H15NO4. The maximum atomic E-state index is 11.4. The van der Waals surface area contributed by atoms with Crippen LogP contribution < -0.4 is 5.32 Å². The summed E-state index contributed by atoms with van der Waals surface area (Å²) in [6.07, 6.45) is 2.07. The minimum absolute atomic E-state index is 0.150. The van der Waals surface area contributed by atoms with Crippen LogP contribution in [0.3, 0.4) is 0 Å². The largest absolute Gasteiger partial charge is 0.480 e. The van der Waals surface area contributed by atoms with Gasteiger partial charge < -0.3 is 15.5 Å². The minimum atomic E-state index is -1.20. The molecule has 0 heterocycles. The predicted molar refractivity (Wildman–Crippen MR) is 48.5 cm³/mol. The molecule has 1 amide bonds. The summed E-state index contributed by atoms with van der Waals surface area (Å²) in [6, 6.07) is -1.18. The number of aliphatic carboxylic acids is 1. The van der Waals surface area contributed by atoms with Crippen LogP contribution in [-0.4, -0.2) is 34.7 Å². The lowest BCUT2D eigenvalue weighted by molar-refractivity contribution is -0.143. The molecule has 1 saturated carbocycles. The topological polar surface area (TPSA) is 86.6 Å². The van der Waals surface area contributed by atoms with Gasteiger partial charge in [-0.1, -0.05) is 6.92 Å². The van der Waals surface area contributed by atoms with Crippen LogP contribution in [0.15, 0.2) is 0 Å². The van der Waals surface area contributed by atoms with Gasteiger partial charge in [-0.25, -0.2) is 4.79 Å². The first kappa shape index (κ1) is 11.0. The summed E-state index contributed by atoms with van der Waals surface area (Å²) in [7, 11) is 0. The van der Waals surface area contributed by atoms with Gasteiger partial charge in [0.2, 0.25) is 5.91 Å². The Morgan fingerprint density at radius 1 is 1.50 bits per heavy atom. The van der Waals surface area contributed by atoms with Gasteiger partial charge in [0.25, 0.3) is 0 Å². The Balaban J connectivity index is 2.40. The van der Waals surface area contributed by atoms with Crippen molar-refractivity contribution in [3.8, 4) is 0 Å². The quantitative estimate of drug-likeness (QED) is 0.564. The number of aliphatic hydroxyl groups is 1. The van der Waals surface area contributed by atoms with Crippen molar-refractivity contribution in [1.29, 1.82) is 0 Å². The second-order valence-corrected chi connectivity index (χ2v) is 3.71. The van der Waals surface area contributed by atoms with Gasteiger partial charge in [-0.3, -0.25) is 4.79 Å². The van der Waals surface area contributed by atoms with Crippen LogP contribution in [0, 0.1) is 11.8 Å². The molecule has 80 valence electrons. The smallest absolute Gasteiger partial charge is 0.328 e. The van der Waals surface area contributed by atoms with E-state index in [0.717, 1.165) is 12.8 Å². The normalized spacial score (nSPS) is 19.9. The molecule has 0 aromatic carbocycles. The number of nitrogens with one attached hydrogen (secondary N) is 1. The van der Waals surface area contributed by atoms with Crippen LogP contribution >= 0.6 is 0 Å². The average Bonchev–Trinajstić information content (AvgIpc) is 2.95. The van der Waals surface area contributed by atoms with E-state index in [9.17, 15) is 9.59 Å². The minimum Gasteiger partial charge on any atom is -0.480 e. The number of carboxylic acid groups (broad SMARTS) is 1. The van der Waals surface area contributed by atoms with E-state index < -0.39 is 18.6 Å². The lowest BCUT2D eigenvalue weighted by Gasteiger charge is -2.15. The molecule has 1 unspecified atom stereocenters. The van der Waals surface area contributed by atoms with Crippen LogP contribution in [0.1, 0.15) is 19.8 Å². The Hall–Kier alpha value is -1.10. The summed E-state index contributed by atoms with van der Waals surface area (Å²) < 4.78 is 0. The fraction of sp³-hybridized carbons (Fsp3) is 0.778. The molecule has 2 atom stereocenters. The molecule has 1 rings (SSSR count). The van der Waals surface area contributed by atoms with Gasteiger partial charge >= 0.3 is 5.97 Å². The Kier molecular flexibility index (Phi) is 3.46. The van der Waals surface area contributed by atoms with Crippen molar-refractivity contribution in [1.82, 2.24) is 5.32 Å². The maximum Gasteiger partial charge on any atom is 0.328 e. The molecule has 5 heteroatoms. The van der Waals surface area contributed by atoms with Gasteiger partial charge in [0.15, 0.2) is 0 Å². The molecule has 5 nitrogen and oxygen atoms in total. The molecule has 0 aliphatic heterocycles. The highest BCUT2D eigenvalue weighted by Crippen LogP contribution is 2.36. The lowest BCUT2D eigenvalue weighted by Crippen LogP contribution is -2.45. The second-order valence-electron chi connectivity index (χ2n) is 3.71. The summed E-state index contributed by atoms with van der Waals surface area (Å²) in [5, 5.41) is 19.6. The summed E-state index contributed by atoms with van der Waals surface area (Å²) in [5.74, 6) is -1.25. The van der Waals surface area contributed by atoms with Gasteiger partial charge in [0, 0.05) is 5.92 Å². The first-order valence-electron chi connectivity index (χ1n) is 4.70.